The maximum absolute atomic E-state index is 13.8. The third-order valence-corrected chi connectivity index (χ3v) is 7.53. The van der Waals surface area contributed by atoms with Crippen LogP contribution in [-0.4, -0.2) is 29.6 Å². The van der Waals surface area contributed by atoms with Crippen LogP contribution in [0, 0.1) is 5.92 Å². The molecule has 0 amide bonds. The van der Waals surface area contributed by atoms with Gasteiger partial charge in [0.05, 0.1) is 18.1 Å². The zero-order chi connectivity index (χ0) is 25.2. The highest BCUT2D eigenvalue weighted by Crippen LogP contribution is 2.47. The number of nitrogens with one attached hydrogen (secondary N) is 1. The molecule has 0 spiro atoms. The molecule has 0 saturated heterocycles. The Morgan fingerprint density at radius 2 is 1.81 bits per heavy atom. The zero-order valence-corrected chi connectivity index (χ0v) is 20.8. The molecule has 0 bridgehead atoms. The smallest absolute Gasteiger partial charge is 0.336 e. The van der Waals surface area contributed by atoms with Gasteiger partial charge in [0.1, 0.15) is 11.9 Å². The zero-order valence-electron chi connectivity index (χ0n) is 20.8. The monoisotopic (exact) mass is 487 g/mol. The van der Waals surface area contributed by atoms with Gasteiger partial charge < -0.3 is 19.9 Å². The Hall–Kier alpha value is -3.54. The van der Waals surface area contributed by atoms with E-state index in [9.17, 15) is 14.7 Å². The lowest BCUT2D eigenvalue weighted by molar-refractivity contribution is -0.144. The summed E-state index contributed by atoms with van der Waals surface area (Å²) < 4.78 is 11.6. The first-order valence-electron chi connectivity index (χ1n) is 12.9. The Bertz CT molecular complexity index is 1210. The average molecular weight is 488 g/mol. The number of esters is 1. The fourth-order valence-electron chi connectivity index (χ4n) is 5.83. The fraction of sp³-hybridized carbons (Fsp3) is 0.400. The van der Waals surface area contributed by atoms with Crippen LogP contribution >= 0.6 is 0 Å². The number of hydrogen-bond acceptors (Lipinski definition) is 6. The van der Waals surface area contributed by atoms with Crippen molar-refractivity contribution < 1.29 is 24.2 Å². The van der Waals surface area contributed by atoms with Gasteiger partial charge in [-0.15, -0.1) is 0 Å². The minimum atomic E-state index is -0.543. The number of aromatic hydroxyl groups is 1. The molecular weight excluding hydrogens is 454 g/mol. The van der Waals surface area contributed by atoms with Gasteiger partial charge in [-0.3, -0.25) is 4.79 Å². The number of benzene rings is 2. The molecule has 2 aromatic carbocycles. The van der Waals surface area contributed by atoms with Crippen LogP contribution in [0.1, 0.15) is 68.9 Å². The molecule has 6 heteroatoms. The lowest BCUT2D eigenvalue weighted by Crippen LogP contribution is -2.42. The van der Waals surface area contributed by atoms with Crippen LogP contribution in [0.3, 0.4) is 0 Å². The van der Waals surface area contributed by atoms with E-state index in [1.54, 1.807) is 18.2 Å². The molecule has 188 valence electrons. The molecule has 2 aliphatic carbocycles. The van der Waals surface area contributed by atoms with E-state index in [0.717, 1.165) is 42.5 Å². The van der Waals surface area contributed by atoms with E-state index in [-0.39, 0.29) is 29.5 Å². The molecule has 3 unspecified atom stereocenters. The van der Waals surface area contributed by atoms with Crippen LogP contribution in [0.25, 0.3) is 0 Å². The quantitative estimate of drug-likeness (QED) is 0.524. The van der Waals surface area contributed by atoms with Gasteiger partial charge in [-0.2, -0.15) is 0 Å². The Morgan fingerprint density at radius 1 is 1.06 bits per heavy atom. The molecule has 3 atom stereocenters. The molecular formula is C30H33NO5. The second kappa shape index (κ2) is 10.2. The highest BCUT2D eigenvalue weighted by atomic mass is 16.5. The number of rotatable bonds is 6. The van der Waals surface area contributed by atoms with E-state index in [4.69, 9.17) is 9.47 Å². The molecule has 36 heavy (non-hydrogen) atoms. The summed E-state index contributed by atoms with van der Waals surface area (Å²) in [4.78, 5) is 27.3. The third-order valence-electron chi connectivity index (χ3n) is 7.53. The Balaban J connectivity index is 1.59. The second-order valence-corrected chi connectivity index (χ2v) is 9.90. The number of allylic oxidation sites excluding steroid dienone is 3. The van der Waals surface area contributed by atoms with Gasteiger partial charge >= 0.3 is 5.97 Å². The van der Waals surface area contributed by atoms with Gasteiger partial charge in [-0.25, -0.2) is 4.79 Å². The van der Waals surface area contributed by atoms with Crippen molar-refractivity contribution in [1.82, 2.24) is 5.32 Å². The van der Waals surface area contributed by atoms with Crippen molar-refractivity contribution in [3.8, 4) is 11.5 Å². The Morgan fingerprint density at radius 3 is 2.53 bits per heavy atom. The second-order valence-electron chi connectivity index (χ2n) is 9.90. The van der Waals surface area contributed by atoms with Gasteiger partial charge in [-0.1, -0.05) is 42.5 Å². The van der Waals surface area contributed by atoms with Crippen molar-refractivity contribution >= 4 is 11.8 Å². The van der Waals surface area contributed by atoms with E-state index in [0.29, 0.717) is 30.0 Å². The first kappa shape index (κ1) is 24.2. The molecule has 3 aliphatic rings. The molecule has 0 radical (unpaired) electrons. The van der Waals surface area contributed by atoms with Crippen molar-refractivity contribution in [2.45, 2.75) is 63.9 Å². The van der Waals surface area contributed by atoms with Gasteiger partial charge in [0.15, 0.2) is 11.5 Å². The molecule has 2 aromatic rings. The third kappa shape index (κ3) is 4.64. The van der Waals surface area contributed by atoms with Gasteiger partial charge in [0.2, 0.25) is 0 Å². The maximum atomic E-state index is 13.8. The summed E-state index contributed by atoms with van der Waals surface area (Å²) >= 11 is 0. The van der Waals surface area contributed by atoms with Gasteiger partial charge in [0, 0.05) is 29.7 Å². The number of phenols is 1. The SMILES string of the molecule is CCOc1cc(C2C(C(=O)OC3CCCC3)=C(C)NC3=CC(c4ccccc4)CC(=O)C32)ccc1O. The number of fused-ring (bicyclic) bond motifs is 1. The molecule has 1 fully saturated rings. The number of carbonyl (C=O) groups excluding carboxylic acids is 2. The molecule has 5 rings (SSSR count). The minimum absolute atomic E-state index is 0.0280. The lowest BCUT2D eigenvalue weighted by atomic mass is 9.68. The van der Waals surface area contributed by atoms with Crippen LogP contribution in [0.2, 0.25) is 0 Å². The summed E-state index contributed by atoms with van der Waals surface area (Å²) in [6.45, 7) is 4.11. The summed E-state index contributed by atoms with van der Waals surface area (Å²) in [7, 11) is 0. The van der Waals surface area contributed by atoms with Crippen LogP contribution in [0.15, 0.2) is 71.6 Å². The topological polar surface area (TPSA) is 84.9 Å². The molecule has 2 N–H and O–H groups in total. The van der Waals surface area contributed by atoms with Crippen molar-refractivity contribution in [1.29, 1.82) is 0 Å². The van der Waals surface area contributed by atoms with Crippen molar-refractivity contribution in [3.05, 3.63) is 82.7 Å². The van der Waals surface area contributed by atoms with E-state index in [1.165, 1.54) is 0 Å². The summed E-state index contributed by atoms with van der Waals surface area (Å²) in [5, 5.41) is 13.7. The van der Waals surface area contributed by atoms with E-state index in [1.807, 2.05) is 44.2 Å². The number of hydrogen-bond donors (Lipinski definition) is 2. The number of carbonyl (C=O) groups is 2. The number of ketones is 1. The molecule has 0 aromatic heterocycles. The van der Waals surface area contributed by atoms with Crippen LogP contribution in [-0.2, 0) is 14.3 Å². The van der Waals surface area contributed by atoms with Crippen molar-refractivity contribution in [2.75, 3.05) is 6.61 Å². The normalized spacial score (nSPS) is 24.1. The summed E-state index contributed by atoms with van der Waals surface area (Å²) in [6.07, 6.45) is 6.26. The fourth-order valence-corrected chi connectivity index (χ4v) is 5.83. The highest BCUT2D eigenvalue weighted by Gasteiger charge is 2.45. The van der Waals surface area contributed by atoms with E-state index >= 15 is 0 Å². The predicted octanol–water partition coefficient (Wildman–Crippen LogP) is 5.49. The van der Waals surface area contributed by atoms with Gasteiger partial charge in [-0.05, 0) is 62.8 Å². The van der Waals surface area contributed by atoms with Crippen LogP contribution in [0.5, 0.6) is 11.5 Å². The molecule has 1 saturated carbocycles. The van der Waals surface area contributed by atoms with Crippen molar-refractivity contribution in [3.63, 3.8) is 0 Å². The van der Waals surface area contributed by atoms with E-state index < -0.39 is 11.8 Å². The number of ether oxygens (including phenoxy) is 2. The Kier molecular flexibility index (Phi) is 6.86. The minimum Gasteiger partial charge on any atom is -0.504 e. The average Bonchev–Trinajstić information content (AvgIpc) is 3.38. The van der Waals surface area contributed by atoms with E-state index in [2.05, 4.69) is 11.4 Å². The number of phenolic OH excluding ortho intramolecular Hbond substituents is 1. The maximum Gasteiger partial charge on any atom is 0.336 e. The Labute approximate surface area is 212 Å². The molecule has 6 nitrogen and oxygen atoms in total. The molecule has 1 aliphatic heterocycles. The summed E-state index contributed by atoms with van der Waals surface area (Å²) in [6, 6.07) is 15.1. The number of Topliss-reactive ketones (excluding diaryl/α,β-unsaturated/α-hetero) is 1. The highest BCUT2D eigenvalue weighted by molar-refractivity contribution is 5.96. The predicted molar refractivity (Wildman–Crippen MR) is 137 cm³/mol. The largest absolute Gasteiger partial charge is 0.504 e. The van der Waals surface area contributed by atoms with Crippen LogP contribution in [0.4, 0.5) is 0 Å². The first-order chi connectivity index (χ1) is 17.5. The lowest BCUT2D eigenvalue weighted by Gasteiger charge is -2.39. The summed E-state index contributed by atoms with van der Waals surface area (Å²) in [5.74, 6) is -1.04. The van der Waals surface area contributed by atoms with Crippen molar-refractivity contribution in [2.24, 2.45) is 5.92 Å². The standard InChI is InChI=1S/C30H33NO5/c1-3-35-26-17-20(13-14-24(26)32)28-27(30(34)36-22-11-7-8-12-22)18(2)31-23-15-21(16-25(33)29(23)28)19-9-5-4-6-10-19/h4-6,9-10,13-15,17,21-22,28-29,31-32H,3,7-8,11-12,16H2,1-2H3. The summed E-state index contributed by atoms with van der Waals surface area (Å²) in [5.41, 5.74) is 3.82. The first-order valence-corrected chi connectivity index (χ1v) is 12.9. The van der Waals surface area contributed by atoms with Crippen LogP contribution < -0.4 is 10.1 Å². The molecule has 1 heterocycles. The van der Waals surface area contributed by atoms with Gasteiger partial charge in [0.25, 0.3) is 0 Å².